The monoisotopic (exact) mass is 476 g/mol. The van der Waals surface area contributed by atoms with E-state index in [1.807, 2.05) is 0 Å². The van der Waals surface area contributed by atoms with Crippen LogP contribution >= 0.6 is 15.9 Å². The van der Waals surface area contributed by atoms with Crippen LogP contribution in [-0.2, 0) is 11.3 Å². The van der Waals surface area contributed by atoms with Crippen LogP contribution in [0.4, 0.5) is 0 Å². The Hall–Kier alpha value is -1.97. The van der Waals surface area contributed by atoms with Gasteiger partial charge in [-0.3, -0.25) is 19.1 Å². The standard InChI is InChI=1S/C21H25BrN4O4/c1-12-13-9-21(12,10-13)24-19(28)16-17(27)15-8-14(22)11-23-18(15)26(20(16)29)3-2-25-4-6-30-7-5-25/h8,11-13,27H,2-7,9-10H2,1H3,(H,24,28)/t12-,13?,21?/m1/s1. The number of amides is 1. The van der Waals surface area contributed by atoms with Crippen LogP contribution in [-0.4, -0.2) is 63.9 Å². The fourth-order valence-corrected chi connectivity index (χ4v) is 5.33. The van der Waals surface area contributed by atoms with Gasteiger partial charge in [0.25, 0.3) is 11.5 Å². The van der Waals surface area contributed by atoms with E-state index in [0.29, 0.717) is 53.6 Å². The second-order valence-corrected chi connectivity index (χ2v) is 9.64. The zero-order valence-electron chi connectivity index (χ0n) is 16.9. The molecule has 2 bridgehead atoms. The minimum absolute atomic E-state index is 0.193. The van der Waals surface area contributed by atoms with Crippen LogP contribution < -0.4 is 10.9 Å². The molecule has 8 nitrogen and oxygen atoms in total. The highest BCUT2D eigenvalue weighted by molar-refractivity contribution is 9.10. The number of morpholine rings is 1. The van der Waals surface area contributed by atoms with E-state index in [4.69, 9.17) is 4.74 Å². The van der Waals surface area contributed by atoms with E-state index in [0.717, 1.165) is 25.9 Å². The summed E-state index contributed by atoms with van der Waals surface area (Å²) in [5.74, 6) is 0.289. The molecule has 2 N–H and O–H groups in total. The Kier molecular flexibility index (Phi) is 4.87. The lowest BCUT2D eigenvalue weighted by atomic mass is 9.43. The molecule has 4 aliphatic rings. The molecule has 30 heavy (non-hydrogen) atoms. The first-order valence-corrected chi connectivity index (χ1v) is 11.2. The maximum absolute atomic E-state index is 13.3. The summed E-state index contributed by atoms with van der Waals surface area (Å²) in [7, 11) is 0. The van der Waals surface area contributed by atoms with E-state index in [1.54, 1.807) is 12.3 Å². The number of aromatic hydroxyl groups is 1. The van der Waals surface area contributed by atoms with Crippen molar-refractivity contribution in [1.82, 2.24) is 19.8 Å². The van der Waals surface area contributed by atoms with Crippen molar-refractivity contribution in [2.24, 2.45) is 11.8 Å². The number of pyridine rings is 2. The molecule has 1 amide bonds. The minimum atomic E-state index is -0.500. The summed E-state index contributed by atoms with van der Waals surface area (Å²) < 4.78 is 7.57. The molecule has 3 aliphatic carbocycles. The molecule has 1 saturated heterocycles. The average Bonchev–Trinajstić information content (AvgIpc) is 2.72. The van der Waals surface area contributed by atoms with Crippen LogP contribution in [0.3, 0.4) is 0 Å². The van der Waals surface area contributed by atoms with Crippen LogP contribution in [0.2, 0.25) is 0 Å². The SMILES string of the molecule is C[C@@H]1C2CC1(NC(=O)c1c(O)c3cc(Br)cnc3n(CCN3CCOCC3)c1=O)C2. The minimum Gasteiger partial charge on any atom is -0.506 e. The number of aromatic nitrogens is 2. The summed E-state index contributed by atoms with van der Waals surface area (Å²) in [5.41, 5.74) is -0.533. The van der Waals surface area contributed by atoms with Crippen LogP contribution in [0.25, 0.3) is 11.0 Å². The molecule has 0 unspecified atom stereocenters. The van der Waals surface area contributed by atoms with Crippen LogP contribution in [0, 0.1) is 11.8 Å². The molecule has 6 rings (SSSR count). The molecule has 9 heteroatoms. The molecule has 2 aromatic heterocycles. The highest BCUT2D eigenvalue weighted by Crippen LogP contribution is 2.61. The fourth-order valence-electron chi connectivity index (χ4n) is 5.00. The van der Waals surface area contributed by atoms with E-state index >= 15 is 0 Å². The third-order valence-electron chi connectivity index (χ3n) is 7.20. The summed E-state index contributed by atoms with van der Waals surface area (Å²) >= 11 is 3.37. The normalized spacial score (nSPS) is 28.1. The summed E-state index contributed by atoms with van der Waals surface area (Å²) in [6.07, 6.45) is 3.49. The smallest absolute Gasteiger partial charge is 0.268 e. The summed E-state index contributed by atoms with van der Waals surface area (Å²) in [4.78, 5) is 33.0. The van der Waals surface area contributed by atoms with Crippen molar-refractivity contribution in [1.29, 1.82) is 0 Å². The van der Waals surface area contributed by atoms with E-state index in [2.05, 4.69) is 38.1 Å². The van der Waals surface area contributed by atoms with Gasteiger partial charge in [0.2, 0.25) is 0 Å². The highest BCUT2D eigenvalue weighted by Gasteiger charge is 2.63. The van der Waals surface area contributed by atoms with Crippen LogP contribution in [0.15, 0.2) is 21.5 Å². The number of halogens is 1. The zero-order valence-corrected chi connectivity index (χ0v) is 18.4. The van der Waals surface area contributed by atoms with Gasteiger partial charge in [-0.05, 0) is 46.7 Å². The van der Waals surface area contributed by atoms with Gasteiger partial charge in [0, 0.05) is 42.4 Å². The number of ether oxygens (including phenoxy) is 1. The van der Waals surface area contributed by atoms with Gasteiger partial charge < -0.3 is 15.2 Å². The second kappa shape index (κ2) is 7.32. The molecule has 0 radical (unpaired) electrons. The predicted molar refractivity (Wildman–Crippen MR) is 115 cm³/mol. The number of hydrogen-bond acceptors (Lipinski definition) is 6. The third kappa shape index (κ3) is 3.06. The van der Waals surface area contributed by atoms with Crippen molar-refractivity contribution in [3.8, 4) is 5.75 Å². The van der Waals surface area contributed by atoms with Crippen molar-refractivity contribution in [3.05, 3.63) is 32.7 Å². The van der Waals surface area contributed by atoms with Crippen molar-refractivity contribution >= 4 is 32.9 Å². The fraction of sp³-hybridized carbons (Fsp3) is 0.571. The van der Waals surface area contributed by atoms with Gasteiger partial charge in [-0.2, -0.15) is 0 Å². The Morgan fingerprint density at radius 1 is 1.37 bits per heavy atom. The molecule has 3 heterocycles. The average molecular weight is 477 g/mol. The Morgan fingerprint density at radius 2 is 2.10 bits per heavy atom. The van der Waals surface area contributed by atoms with Crippen LogP contribution in [0.1, 0.15) is 30.1 Å². The lowest BCUT2D eigenvalue weighted by Crippen LogP contribution is -2.74. The van der Waals surface area contributed by atoms with Crippen molar-refractivity contribution in [2.75, 3.05) is 32.8 Å². The van der Waals surface area contributed by atoms with Gasteiger partial charge in [-0.15, -0.1) is 0 Å². The Bertz CT molecular complexity index is 1070. The number of nitrogens with zero attached hydrogens (tertiary/aromatic N) is 3. The van der Waals surface area contributed by atoms with Gasteiger partial charge >= 0.3 is 0 Å². The summed E-state index contributed by atoms with van der Waals surface area (Å²) in [5, 5.41) is 14.3. The Balaban J connectivity index is 1.52. The zero-order chi connectivity index (χ0) is 21.0. The third-order valence-corrected chi connectivity index (χ3v) is 7.64. The van der Waals surface area contributed by atoms with E-state index in [-0.39, 0.29) is 16.9 Å². The second-order valence-electron chi connectivity index (χ2n) is 8.73. The number of hydrogen-bond donors (Lipinski definition) is 2. The number of fused-ring (bicyclic) bond motifs is 1. The maximum atomic E-state index is 13.3. The lowest BCUT2D eigenvalue weighted by Gasteiger charge is -2.67. The summed E-state index contributed by atoms with van der Waals surface area (Å²) in [6.45, 7) is 6.10. The molecule has 2 aromatic rings. The first kappa shape index (κ1) is 20.0. The van der Waals surface area contributed by atoms with E-state index < -0.39 is 11.5 Å². The first-order valence-electron chi connectivity index (χ1n) is 10.4. The topological polar surface area (TPSA) is 96.7 Å². The molecule has 0 spiro atoms. The summed E-state index contributed by atoms with van der Waals surface area (Å²) in [6, 6.07) is 1.70. The van der Waals surface area contributed by atoms with Gasteiger partial charge in [0.15, 0.2) is 0 Å². The highest BCUT2D eigenvalue weighted by atomic mass is 79.9. The number of nitrogens with one attached hydrogen (secondary N) is 1. The van der Waals surface area contributed by atoms with Gasteiger partial charge in [0.05, 0.1) is 18.6 Å². The van der Waals surface area contributed by atoms with Gasteiger partial charge in [0.1, 0.15) is 17.0 Å². The first-order chi connectivity index (χ1) is 14.4. The molecule has 0 aromatic carbocycles. The Labute approximate surface area is 182 Å². The molecule has 1 atom stereocenters. The molecule has 160 valence electrons. The van der Waals surface area contributed by atoms with Gasteiger partial charge in [-0.1, -0.05) is 6.92 Å². The largest absolute Gasteiger partial charge is 0.506 e. The number of carbonyl (C=O) groups excluding carboxylic acids is 1. The number of carbonyl (C=O) groups is 1. The van der Waals surface area contributed by atoms with Crippen molar-refractivity contribution < 1.29 is 14.6 Å². The molecular weight excluding hydrogens is 452 g/mol. The molecule has 1 aliphatic heterocycles. The molecular formula is C21H25BrN4O4. The number of rotatable bonds is 5. The van der Waals surface area contributed by atoms with Crippen molar-refractivity contribution in [3.63, 3.8) is 0 Å². The van der Waals surface area contributed by atoms with Crippen molar-refractivity contribution in [2.45, 2.75) is 31.8 Å². The maximum Gasteiger partial charge on any atom is 0.268 e. The van der Waals surface area contributed by atoms with Crippen LogP contribution in [0.5, 0.6) is 5.75 Å². The lowest BCUT2D eigenvalue weighted by molar-refractivity contribution is -0.118. The van der Waals surface area contributed by atoms with E-state index in [9.17, 15) is 14.7 Å². The molecule has 4 fully saturated rings. The molecule has 3 saturated carbocycles. The predicted octanol–water partition coefficient (Wildman–Crippen LogP) is 1.73. The van der Waals surface area contributed by atoms with Gasteiger partial charge in [-0.25, -0.2) is 4.98 Å². The Morgan fingerprint density at radius 3 is 2.73 bits per heavy atom. The quantitative estimate of drug-likeness (QED) is 0.681. The van der Waals surface area contributed by atoms with E-state index in [1.165, 1.54) is 4.57 Å².